The zero-order chi connectivity index (χ0) is 32.0. The van der Waals surface area contributed by atoms with Crippen molar-refractivity contribution in [1.29, 1.82) is 0 Å². The molecule has 1 saturated heterocycles. The molecule has 0 aromatic carbocycles. The number of unbranched alkanes of at least 4 members (excludes halogenated alkanes) is 4. The molecule has 0 saturated carbocycles. The summed E-state index contributed by atoms with van der Waals surface area (Å²) in [7, 11) is 0. The molecule has 12 heteroatoms. The van der Waals surface area contributed by atoms with Gasteiger partial charge in [-0.3, -0.25) is 19.7 Å². The van der Waals surface area contributed by atoms with Gasteiger partial charge in [-0.25, -0.2) is 4.79 Å². The number of carbonyl (C=O) groups excluding carboxylic acids is 4. The first-order valence-corrected chi connectivity index (χ1v) is 17.2. The van der Waals surface area contributed by atoms with Crippen LogP contribution in [0.1, 0.15) is 97.1 Å². The van der Waals surface area contributed by atoms with Gasteiger partial charge in [0.2, 0.25) is 5.91 Å². The quantitative estimate of drug-likeness (QED) is 0.146. The van der Waals surface area contributed by atoms with Crippen LogP contribution in [0.4, 0.5) is 4.79 Å². The summed E-state index contributed by atoms with van der Waals surface area (Å²) in [6.07, 6.45) is 4.54. The Morgan fingerprint density at radius 1 is 1.02 bits per heavy atom. The lowest BCUT2D eigenvalue weighted by molar-refractivity contribution is -0.159. The summed E-state index contributed by atoms with van der Waals surface area (Å²) >= 11 is 3.28. The molecule has 2 rings (SSSR count). The fourth-order valence-electron chi connectivity index (χ4n) is 4.55. The highest BCUT2D eigenvalue weighted by atomic mass is 32.2. The standard InChI is InChI=1S/C31H51N3O7S2/c1-8-39-28(37)22(15-12-10-9-11-13-17-32-29(38)41-31(5,6)7)33-23-21-43-25(24-16-14-18-42-24)19-34(27(23)36)20-26(35)40-30(2,3)4/h14,16,18,22-23,25,33H,8-13,15,17,19-21H2,1-7H3,(H,32,38)/t22-,23-,25-/m0/s1. The Morgan fingerprint density at radius 2 is 1.70 bits per heavy atom. The second kappa shape index (κ2) is 17.9. The molecule has 2 amide bonds. The SMILES string of the molecule is CCOC(=O)[C@H](CCCCCCCNC(=O)OC(C)(C)C)N[C@H]1CS[C@H](c2cccs2)CN(CC(=O)OC(C)(C)C)C1=O. The smallest absolute Gasteiger partial charge is 0.407 e. The van der Waals surface area contributed by atoms with E-state index in [0.717, 1.165) is 37.0 Å². The minimum atomic E-state index is -0.658. The number of hydrogen-bond acceptors (Lipinski definition) is 10. The molecule has 1 aromatic rings. The van der Waals surface area contributed by atoms with Crippen molar-refractivity contribution in [2.75, 3.05) is 32.0 Å². The Hall–Kier alpha value is -2.31. The lowest BCUT2D eigenvalue weighted by atomic mass is 10.0. The molecular weight excluding hydrogens is 590 g/mol. The first-order valence-electron chi connectivity index (χ1n) is 15.2. The second-order valence-corrected chi connectivity index (χ2v) is 14.9. The van der Waals surface area contributed by atoms with Crippen molar-refractivity contribution >= 4 is 47.0 Å². The summed E-state index contributed by atoms with van der Waals surface area (Å²) in [5.74, 6) is -0.587. The molecule has 43 heavy (non-hydrogen) atoms. The molecule has 10 nitrogen and oxygen atoms in total. The third-order valence-corrected chi connectivity index (χ3v) is 8.84. The lowest BCUT2D eigenvalue weighted by Crippen LogP contribution is -2.54. The Bertz CT molecular complexity index is 1020. The molecule has 0 aliphatic carbocycles. The number of esters is 2. The number of carbonyl (C=O) groups is 4. The van der Waals surface area contributed by atoms with E-state index >= 15 is 0 Å². The molecular formula is C31H51N3O7S2. The zero-order valence-corrected chi connectivity index (χ0v) is 28.5. The van der Waals surface area contributed by atoms with Crippen molar-refractivity contribution in [3.05, 3.63) is 22.4 Å². The van der Waals surface area contributed by atoms with Gasteiger partial charge in [0.25, 0.3) is 0 Å². The van der Waals surface area contributed by atoms with Crippen LogP contribution in [0.25, 0.3) is 0 Å². The molecule has 2 N–H and O–H groups in total. The summed E-state index contributed by atoms with van der Waals surface area (Å²) in [6, 6.07) is 2.74. The molecule has 0 bridgehead atoms. The first-order chi connectivity index (χ1) is 20.2. The van der Waals surface area contributed by atoms with E-state index in [0.29, 0.717) is 25.3 Å². The number of nitrogens with zero attached hydrogens (tertiary/aromatic N) is 1. The molecule has 0 spiro atoms. The number of ether oxygens (including phenoxy) is 3. The molecule has 1 aliphatic heterocycles. The van der Waals surface area contributed by atoms with Crippen LogP contribution in [0, 0.1) is 0 Å². The molecule has 244 valence electrons. The van der Waals surface area contributed by atoms with Gasteiger partial charge in [-0.1, -0.05) is 31.7 Å². The monoisotopic (exact) mass is 641 g/mol. The van der Waals surface area contributed by atoms with Crippen LogP contribution in [-0.2, 0) is 28.6 Å². The maximum Gasteiger partial charge on any atom is 0.407 e. The third kappa shape index (κ3) is 14.8. The van der Waals surface area contributed by atoms with E-state index < -0.39 is 35.3 Å². The predicted molar refractivity (Wildman–Crippen MR) is 171 cm³/mol. The van der Waals surface area contributed by atoms with E-state index in [1.165, 1.54) is 0 Å². The fourth-order valence-corrected chi connectivity index (χ4v) is 6.81. The normalized spacial score (nSPS) is 18.5. The average molecular weight is 642 g/mol. The maximum atomic E-state index is 13.7. The van der Waals surface area contributed by atoms with E-state index in [1.807, 2.05) is 38.3 Å². The Kier molecular flexibility index (Phi) is 15.3. The molecule has 3 atom stereocenters. The van der Waals surface area contributed by atoms with Gasteiger partial charge in [-0.15, -0.1) is 23.1 Å². The van der Waals surface area contributed by atoms with Crippen LogP contribution in [0.15, 0.2) is 17.5 Å². The van der Waals surface area contributed by atoms with Crippen molar-refractivity contribution in [2.24, 2.45) is 0 Å². The van der Waals surface area contributed by atoms with E-state index in [-0.39, 0.29) is 30.3 Å². The minimum absolute atomic E-state index is 0.0176. The Balaban J connectivity index is 1.96. The predicted octanol–water partition coefficient (Wildman–Crippen LogP) is 5.46. The van der Waals surface area contributed by atoms with Crippen LogP contribution in [0.5, 0.6) is 0 Å². The second-order valence-electron chi connectivity index (χ2n) is 12.7. The third-order valence-electron chi connectivity index (χ3n) is 6.37. The molecule has 1 aliphatic rings. The van der Waals surface area contributed by atoms with Crippen molar-refractivity contribution in [3.63, 3.8) is 0 Å². The zero-order valence-electron chi connectivity index (χ0n) is 26.9. The number of thiophene rings is 1. The van der Waals surface area contributed by atoms with Gasteiger partial charge in [-0.05, 0) is 72.8 Å². The fraction of sp³-hybridized carbons (Fsp3) is 0.742. The summed E-state index contributed by atoms with van der Waals surface area (Å²) in [5, 5.41) is 8.09. The van der Waals surface area contributed by atoms with E-state index in [2.05, 4.69) is 10.6 Å². The largest absolute Gasteiger partial charge is 0.465 e. The highest BCUT2D eigenvalue weighted by Gasteiger charge is 2.36. The maximum absolute atomic E-state index is 13.7. The van der Waals surface area contributed by atoms with Crippen molar-refractivity contribution in [2.45, 2.75) is 116 Å². The van der Waals surface area contributed by atoms with Crippen LogP contribution >= 0.6 is 23.1 Å². The molecule has 0 unspecified atom stereocenters. The van der Waals surface area contributed by atoms with Crippen LogP contribution in [-0.4, -0.2) is 84.1 Å². The van der Waals surface area contributed by atoms with Gasteiger partial charge in [0.05, 0.1) is 17.9 Å². The number of alkyl carbamates (subject to hydrolysis) is 1. The average Bonchev–Trinajstić information content (AvgIpc) is 3.37. The Morgan fingerprint density at radius 3 is 2.33 bits per heavy atom. The minimum Gasteiger partial charge on any atom is -0.465 e. The van der Waals surface area contributed by atoms with Gasteiger partial charge >= 0.3 is 18.0 Å². The van der Waals surface area contributed by atoms with Gasteiger partial charge < -0.3 is 24.4 Å². The lowest BCUT2D eigenvalue weighted by Gasteiger charge is -2.28. The first kappa shape index (κ1) is 36.9. The van der Waals surface area contributed by atoms with Crippen molar-refractivity contribution in [3.8, 4) is 0 Å². The highest BCUT2D eigenvalue weighted by Crippen LogP contribution is 2.36. The van der Waals surface area contributed by atoms with Crippen LogP contribution in [0.2, 0.25) is 0 Å². The summed E-state index contributed by atoms with van der Waals surface area (Å²) in [5.41, 5.74) is -1.18. The van der Waals surface area contributed by atoms with Crippen LogP contribution in [0.3, 0.4) is 0 Å². The molecule has 1 aromatic heterocycles. The van der Waals surface area contributed by atoms with Gasteiger partial charge in [-0.2, -0.15) is 0 Å². The number of rotatable bonds is 15. The van der Waals surface area contributed by atoms with E-state index in [9.17, 15) is 19.2 Å². The Labute approximate surface area is 265 Å². The number of thioether (sulfide) groups is 1. The van der Waals surface area contributed by atoms with Crippen molar-refractivity contribution < 1.29 is 33.4 Å². The molecule has 2 heterocycles. The van der Waals surface area contributed by atoms with E-state index in [1.54, 1.807) is 55.7 Å². The summed E-state index contributed by atoms with van der Waals surface area (Å²) in [6.45, 7) is 13.7. The molecule has 1 fully saturated rings. The highest BCUT2D eigenvalue weighted by molar-refractivity contribution is 7.99. The van der Waals surface area contributed by atoms with Gasteiger partial charge in [0, 0.05) is 23.7 Å². The molecule has 0 radical (unpaired) electrons. The number of amides is 2. The van der Waals surface area contributed by atoms with Gasteiger partial charge in [0.15, 0.2) is 0 Å². The van der Waals surface area contributed by atoms with Crippen molar-refractivity contribution in [1.82, 2.24) is 15.5 Å². The van der Waals surface area contributed by atoms with Crippen LogP contribution < -0.4 is 10.6 Å². The number of nitrogens with one attached hydrogen (secondary N) is 2. The van der Waals surface area contributed by atoms with E-state index in [4.69, 9.17) is 14.2 Å². The topological polar surface area (TPSA) is 123 Å². The summed E-state index contributed by atoms with van der Waals surface area (Å²) < 4.78 is 16.1. The number of hydrogen-bond donors (Lipinski definition) is 2. The van der Waals surface area contributed by atoms with Gasteiger partial charge in [0.1, 0.15) is 23.8 Å². The summed E-state index contributed by atoms with van der Waals surface area (Å²) in [4.78, 5) is 53.8.